The second-order valence-electron chi connectivity index (χ2n) is 6.26. The summed E-state index contributed by atoms with van der Waals surface area (Å²) in [7, 11) is 0. The summed E-state index contributed by atoms with van der Waals surface area (Å²) in [4.78, 5) is 27.7. The number of esters is 1. The molecule has 2 heterocycles. The van der Waals surface area contributed by atoms with Crippen LogP contribution in [0.1, 0.15) is 21.3 Å². The van der Waals surface area contributed by atoms with E-state index in [4.69, 9.17) is 4.74 Å². The summed E-state index contributed by atoms with van der Waals surface area (Å²) in [6.45, 7) is -0.249. The van der Waals surface area contributed by atoms with Crippen LogP contribution in [0.15, 0.2) is 59.2 Å². The van der Waals surface area contributed by atoms with Gasteiger partial charge in [-0.3, -0.25) is 14.9 Å². The van der Waals surface area contributed by atoms with Crippen molar-refractivity contribution in [1.82, 2.24) is 10.3 Å². The molecule has 3 aromatic rings. The summed E-state index contributed by atoms with van der Waals surface area (Å²) in [5.41, 5.74) is 2.73. The second-order valence-corrected chi connectivity index (χ2v) is 8.31. The van der Waals surface area contributed by atoms with E-state index in [2.05, 4.69) is 32.3 Å². The van der Waals surface area contributed by atoms with Gasteiger partial charge in [-0.05, 0) is 29.8 Å². The fraction of sp³-hybridized carbons (Fsp3) is 0.200. The highest BCUT2D eigenvalue weighted by atomic mass is 79.9. The topological polar surface area (TPSA) is 71.2 Å². The van der Waals surface area contributed by atoms with E-state index < -0.39 is 12.0 Å². The predicted molar refractivity (Wildman–Crippen MR) is 110 cm³/mol. The molecule has 2 aromatic carbocycles. The van der Waals surface area contributed by atoms with Gasteiger partial charge in [-0.2, -0.15) is 0 Å². The maximum atomic E-state index is 12.4. The van der Waals surface area contributed by atoms with Crippen LogP contribution >= 0.6 is 27.7 Å². The molecule has 4 rings (SSSR count). The second kappa shape index (κ2) is 7.88. The maximum absolute atomic E-state index is 12.4. The number of ketones is 1. The van der Waals surface area contributed by atoms with Crippen molar-refractivity contribution in [2.45, 2.75) is 11.4 Å². The number of ether oxygens (including phenoxy) is 1. The molecule has 27 heavy (non-hydrogen) atoms. The number of nitrogens with one attached hydrogen (secondary N) is 2. The zero-order valence-corrected chi connectivity index (χ0v) is 16.7. The summed E-state index contributed by atoms with van der Waals surface area (Å²) in [6.07, 6.45) is 1.91. The Morgan fingerprint density at radius 1 is 1.15 bits per heavy atom. The van der Waals surface area contributed by atoms with Gasteiger partial charge < -0.3 is 9.72 Å². The van der Waals surface area contributed by atoms with Crippen LogP contribution in [0.3, 0.4) is 0 Å². The van der Waals surface area contributed by atoms with Gasteiger partial charge in [0, 0.05) is 32.9 Å². The smallest absolute Gasteiger partial charge is 0.324 e. The predicted octanol–water partition coefficient (Wildman–Crippen LogP) is 4.06. The van der Waals surface area contributed by atoms with Crippen molar-refractivity contribution in [2.75, 3.05) is 12.4 Å². The normalized spacial score (nSPS) is 19.3. The first-order valence-electron chi connectivity index (χ1n) is 8.51. The average Bonchev–Trinajstić information content (AvgIpc) is 3.35. The SMILES string of the molecule is O=C(COC(=O)[C@@H]1CS[C@H](c2cccc3[nH]ccc23)N1)c1ccc(Br)cc1. The molecular weight excluding hydrogens is 428 g/mol. The Morgan fingerprint density at radius 3 is 2.78 bits per heavy atom. The van der Waals surface area contributed by atoms with Crippen LogP contribution in [-0.4, -0.2) is 35.1 Å². The monoisotopic (exact) mass is 444 g/mol. The third-order valence-electron chi connectivity index (χ3n) is 4.49. The number of benzene rings is 2. The largest absolute Gasteiger partial charge is 0.456 e. The first-order chi connectivity index (χ1) is 13.1. The third kappa shape index (κ3) is 3.95. The molecule has 1 saturated heterocycles. The average molecular weight is 445 g/mol. The molecule has 1 aliphatic rings. The van der Waals surface area contributed by atoms with Gasteiger partial charge in [-0.1, -0.05) is 40.2 Å². The minimum Gasteiger partial charge on any atom is -0.456 e. The van der Waals surface area contributed by atoms with E-state index in [-0.39, 0.29) is 17.8 Å². The Balaban J connectivity index is 1.36. The minimum atomic E-state index is -0.424. The standard InChI is InChI=1S/C20H17BrN2O3S/c21-13-6-4-12(5-7-13)18(24)10-26-20(25)17-11-27-19(23-17)15-2-1-3-16-14(15)8-9-22-16/h1-9,17,19,22-23H,10-11H2/t17-,19+/m0/s1. The Kier molecular flexibility index (Phi) is 5.33. The van der Waals surface area contributed by atoms with Crippen LogP contribution in [0, 0.1) is 0 Å². The summed E-state index contributed by atoms with van der Waals surface area (Å²) >= 11 is 5.00. The molecule has 2 N–H and O–H groups in total. The number of H-pyrrole nitrogens is 1. The van der Waals surface area contributed by atoms with Gasteiger partial charge in [0.05, 0.1) is 5.37 Å². The lowest BCUT2D eigenvalue weighted by atomic mass is 10.1. The van der Waals surface area contributed by atoms with Crippen LogP contribution < -0.4 is 5.32 Å². The van der Waals surface area contributed by atoms with Crippen LogP contribution in [0.25, 0.3) is 10.9 Å². The van der Waals surface area contributed by atoms with Crippen molar-refractivity contribution in [3.8, 4) is 0 Å². The Bertz CT molecular complexity index is 986. The fourth-order valence-electron chi connectivity index (χ4n) is 3.08. The van der Waals surface area contributed by atoms with Crippen molar-refractivity contribution in [2.24, 2.45) is 0 Å². The number of carbonyl (C=O) groups is 2. The lowest BCUT2D eigenvalue weighted by Crippen LogP contribution is -2.36. The van der Waals surface area contributed by atoms with Crippen molar-refractivity contribution in [1.29, 1.82) is 0 Å². The lowest BCUT2D eigenvalue weighted by Gasteiger charge is -2.14. The van der Waals surface area contributed by atoms with Crippen molar-refractivity contribution in [3.63, 3.8) is 0 Å². The van der Waals surface area contributed by atoms with Gasteiger partial charge in [0.2, 0.25) is 0 Å². The first kappa shape index (κ1) is 18.3. The molecule has 138 valence electrons. The number of hydrogen-bond donors (Lipinski definition) is 2. The molecule has 7 heteroatoms. The molecule has 1 aliphatic heterocycles. The summed E-state index contributed by atoms with van der Waals surface area (Å²) in [6, 6.07) is 14.7. The summed E-state index contributed by atoms with van der Waals surface area (Å²) in [5, 5.41) is 4.48. The van der Waals surface area contributed by atoms with Gasteiger partial charge in [0.1, 0.15) is 6.04 Å². The van der Waals surface area contributed by atoms with Gasteiger partial charge in [-0.25, -0.2) is 0 Å². The van der Waals surface area contributed by atoms with Crippen molar-refractivity contribution >= 4 is 50.3 Å². The number of Topliss-reactive ketones (excluding diaryl/α,β-unsaturated/α-hetero) is 1. The van der Waals surface area contributed by atoms with Crippen LogP contribution in [0.4, 0.5) is 0 Å². The van der Waals surface area contributed by atoms with Gasteiger partial charge in [0.15, 0.2) is 12.4 Å². The molecule has 0 aliphatic carbocycles. The zero-order valence-electron chi connectivity index (χ0n) is 14.3. The molecule has 0 saturated carbocycles. The van der Waals surface area contributed by atoms with Gasteiger partial charge in [0.25, 0.3) is 0 Å². The third-order valence-corrected chi connectivity index (χ3v) is 6.27. The Labute approximate surface area is 169 Å². The lowest BCUT2D eigenvalue weighted by molar-refractivity contribution is -0.144. The number of hydrogen-bond acceptors (Lipinski definition) is 5. The molecule has 1 aromatic heterocycles. The Morgan fingerprint density at radius 2 is 1.96 bits per heavy atom. The highest BCUT2D eigenvalue weighted by Crippen LogP contribution is 2.36. The number of carbonyl (C=O) groups excluding carboxylic acids is 2. The van der Waals surface area contributed by atoms with E-state index in [0.717, 1.165) is 20.9 Å². The molecule has 1 fully saturated rings. The number of fused-ring (bicyclic) bond motifs is 1. The first-order valence-corrected chi connectivity index (χ1v) is 10.3. The van der Waals surface area contributed by atoms with E-state index in [1.54, 1.807) is 36.0 Å². The molecule has 0 spiro atoms. The van der Waals surface area contributed by atoms with Crippen LogP contribution in [0.2, 0.25) is 0 Å². The van der Waals surface area contributed by atoms with Crippen molar-refractivity contribution < 1.29 is 14.3 Å². The van der Waals surface area contributed by atoms with Gasteiger partial charge in [-0.15, -0.1) is 11.8 Å². The maximum Gasteiger partial charge on any atom is 0.324 e. The van der Waals surface area contributed by atoms with Crippen LogP contribution in [-0.2, 0) is 9.53 Å². The van der Waals surface area contributed by atoms with E-state index >= 15 is 0 Å². The minimum absolute atomic E-state index is 0.0178. The van der Waals surface area contributed by atoms with E-state index in [0.29, 0.717) is 11.3 Å². The number of thioether (sulfide) groups is 1. The Hall–Kier alpha value is -2.09. The number of aromatic nitrogens is 1. The quantitative estimate of drug-likeness (QED) is 0.458. The summed E-state index contributed by atoms with van der Waals surface area (Å²) in [5.74, 6) is 0.00315. The number of halogens is 1. The molecule has 0 radical (unpaired) electrons. The molecule has 0 amide bonds. The zero-order chi connectivity index (χ0) is 18.8. The molecule has 0 bridgehead atoms. The highest BCUT2D eigenvalue weighted by molar-refractivity contribution is 9.10. The summed E-state index contributed by atoms with van der Waals surface area (Å²) < 4.78 is 6.14. The number of rotatable bonds is 5. The molecule has 2 atom stereocenters. The van der Waals surface area contributed by atoms with Crippen LogP contribution in [0.5, 0.6) is 0 Å². The number of aromatic amines is 1. The van der Waals surface area contributed by atoms with E-state index in [1.807, 2.05) is 24.4 Å². The fourth-order valence-corrected chi connectivity index (χ4v) is 4.61. The molecule has 5 nitrogen and oxygen atoms in total. The highest BCUT2D eigenvalue weighted by Gasteiger charge is 2.32. The van der Waals surface area contributed by atoms with Crippen molar-refractivity contribution in [3.05, 3.63) is 70.3 Å². The van der Waals surface area contributed by atoms with Gasteiger partial charge >= 0.3 is 5.97 Å². The van der Waals surface area contributed by atoms with E-state index in [1.165, 1.54) is 0 Å². The molecule has 0 unspecified atom stereocenters. The molecular formula is C20H17BrN2O3S. The van der Waals surface area contributed by atoms with E-state index in [9.17, 15) is 9.59 Å².